The normalized spacial score (nSPS) is 19.4. The van der Waals surface area contributed by atoms with Crippen LogP contribution in [0.3, 0.4) is 0 Å². The highest BCUT2D eigenvalue weighted by molar-refractivity contribution is 9.10. The quantitative estimate of drug-likeness (QED) is 0.484. The Kier molecular flexibility index (Phi) is 5.98. The van der Waals surface area contributed by atoms with Gasteiger partial charge in [0.05, 0.1) is 10.2 Å². The zero-order valence-corrected chi connectivity index (χ0v) is 18.8. The van der Waals surface area contributed by atoms with E-state index >= 15 is 0 Å². The number of carbonyl (C=O) groups excluding carboxylic acids is 1. The summed E-state index contributed by atoms with van der Waals surface area (Å²) in [6, 6.07) is 10.4. The van der Waals surface area contributed by atoms with Crippen LogP contribution in [0.15, 0.2) is 46.9 Å². The molecule has 0 aliphatic carbocycles. The summed E-state index contributed by atoms with van der Waals surface area (Å²) in [5, 5.41) is 3.22. The number of nitrogens with zero attached hydrogens (tertiary/aromatic N) is 1. The molecule has 1 fully saturated rings. The van der Waals surface area contributed by atoms with Crippen molar-refractivity contribution in [1.29, 1.82) is 0 Å². The highest BCUT2D eigenvalue weighted by Crippen LogP contribution is 2.38. The van der Waals surface area contributed by atoms with E-state index in [4.69, 9.17) is 16.4 Å². The number of nitrogens with one attached hydrogen (secondary N) is 1. The van der Waals surface area contributed by atoms with Gasteiger partial charge in [0, 0.05) is 7.05 Å². The van der Waals surface area contributed by atoms with Gasteiger partial charge in [0.2, 0.25) is 0 Å². The van der Waals surface area contributed by atoms with E-state index in [1.165, 1.54) is 42.3 Å². The molecule has 2 aromatic carbocycles. The van der Waals surface area contributed by atoms with Crippen LogP contribution in [0.5, 0.6) is 5.75 Å². The molecule has 1 aliphatic rings. The smallest absolute Gasteiger partial charge is 0.309 e. The minimum absolute atomic E-state index is 0.0755. The van der Waals surface area contributed by atoms with Crippen LogP contribution in [0.25, 0.3) is 0 Å². The number of carbonyl (C=O) groups is 1. The molecule has 0 spiro atoms. The first kappa shape index (κ1) is 21.7. The zero-order valence-electron chi connectivity index (χ0n) is 15.6. The van der Waals surface area contributed by atoms with Gasteiger partial charge in [-0.05, 0) is 70.0 Å². The Hall–Kier alpha value is -2.04. The average molecular weight is 501 g/mol. The topological polar surface area (TPSA) is 75.7 Å². The summed E-state index contributed by atoms with van der Waals surface area (Å²) in [6.07, 6.45) is 0.411. The predicted octanol–water partition coefficient (Wildman–Crippen LogP) is 3.30. The van der Waals surface area contributed by atoms with Crippen molar-refractivity contribution in [2.75, 3.05) is 12.8 Å². The van der Waals surface area contributed by atoms with Gasteiger partial charge in [-0.2, -0.15) is 8.42 Å². The molecular weight excluding hydrogens is 483 g/mol. The Morgan fingerprint density at radius 3 is 2.52 bits per heavy atom. The molecule has 0 radical (unpaired) electrons. The van der Waals surface area contributed by atoms with Gasteiger partial charge in [-0.15, -0.1) is 0 Å². The molecule has 1 saturated heterocycles. The van der Waals surface area contributed by atoms with Crippen LogP contribution in [0.1, 0.15) is 24.5 Å². The largest absolute Gasteiger partial charge is 0.382 e. The molecule has 0 aromatic heterocycles. The lowest BCUT2D eigenvalue weighted by Crippen LogP contribution is -2.45. The molecule has 1 unspecified atom stereocenters. The van der Waals surface area contributed by atoms with Crippen LogP contribution >= 0.6 is 28.1 Å². The van der Waals surface area contributed by atoms with Gasteiger partial charge in [-0.1, -0.05) is 25.1 Å². The van der Waals surface area contributed by atoms with Crippen LogP contribution in [0.4, 0.5) is 4.39 Å². The Bertz CT molecular complexity index is 1090. The summed E-state index contributed by atoms with van der Waals surface area (Å²) in [5.74, 6) is -0.911. The lowest BCUT2D eigenvalue weighted by atomic mass is 9.82. The molecule has 0 bridgehead atoms. The van der Waals surface area contributed by atoms with E-state index in [2.05, 4.69) is 21.2 Å². The summed E-state index contributed by atoms with van der Waals surface area (Å²) in [4.78, 5) is 14.5. The van der Waals surface area contributed by atoms with Gasteiger partial charge in [-0.25, -0.2) is 4.39 Å². The maximum atomic E-state index is 13.8. The second kappa shape index (κ2) is 8.00. The third-order valence-electron chi connectivity index (χ3n) is 4.52. The van der Waals surface area contributed by atoms with E-state index in [-0.39, 0.29) is 27.0 Å². The van der Waals surface area contributed by atoms with Crippen LogP contribution in [-0.4, -0.2) is 37.1 Å². The second-order valence-corrected chi connectivity index (χ2v) is 9.48. The van der Waals surface area contributed by atoms with Gasteiger partial charge >= 0.3 is 10.1 Å². The fourth-order valence-corrected chi connectivity index (χ4v) is 4.74. The maximum Gasteiger partial charge on any atom is 0.309 e. The van der Waals surface area contributed by atoms with Crippen molar-refractivity contribution >= 4 is 49.3 Å². The standard InChI is InChI=1S/C19H18BrFN2O4S2/c1-3-9-29(25,26)27-14-6-4-5-12(10-14)19(17(24)23(2)18(28)22-19)13-7-8-16(21)15(20)11-13/h4-8,10-11H,3,9H2,1-2H3,(H,22,28). The Morgan fingerprint density at radius 2 is 1.93 bits per heavy atom. The molecule has 1 amide bonds. The average Bonchev–Trinajstić information content (AvgIpc) is 2.89. The number of hydrogen-bond acceptors (Lipinski definition) is 5. The summed E-state index contributed by atoms with van der Waals surface area (Å²) in [5.41, 5.74) is -0.594. The highest BCUT2D eigenvalue weighted by atomic mass is 79.9. The fraction of sp³-hybridized carbons (Fsp3) is 0.263. The molecule has 0 saturated carbocycles. The van der Waals surface area contributed by atoms with Crippen molar-refractivity contribution in [2.45, 2.75) is 18.9 Å². The predicted molar refractivity (Wildman–Crippen MR) is 115 cm³/mol. The fourth-order valence-electron chi connectivity index (χ4n) is 3.15. The number of amides is 1. The number of benzene rings is 2. The SMILES string of the molecule is CCCS(=O)(=O)Oc1cccc(C2(c3ccc(F)c(Br)c3)NC(=S)N(C)C2=O)c1. The molecule has 1 atom stereocenters. The molecule has 1 aliphatic heterocycles. The molecular formula is C19H18BrFN2O4S2. The van der Waals surface area contributed by atoms with Crippen LogP contribution in [0.2, 0.25) is 0 Å². The van der Waals surface area contributed by atoms with Crippen molar-refractivity contribution in [3.05, 3.63) is 63.9 Å². The van der Waals surface area contributed by atoms with E-state index in [0.717, 1.165) is 0 Å². The van der Waals surface area contributed by atoms with Gasteiger partial charge in [0.1, 0.15) is 11.6 Å². The number of rotatable bonds is 6. The molecule has 29 heavy (non-hydrogen) atoms. The van der Waals surface area contributed by atoms with Crippen molar-refractivity contribution < 1.29 is 21.8 Å². The molecule has 10 heteroatoms. The van der Waals surface area contributed by atoms with Gasteiger partial charge in [0.15, 0.2) is 10.7 Å². The Balaban J connectivity index is 2.16. The number of thiocarbonyl (C=S) groups is 1. The number of halogens is 2. The summed E-state index contributed by atoms with van der Waals surface area (Å²) >= 11 is 8.41. The first-order valence-corrected chi connectivity index (χ1v) is 11.5. The van der Waals surface area contributed by atoms with Crippen LogP contribution < -0.4 is 9.50 Å². The molecule has 6 nitrogen and oxygen atoms in total. The molecule has 1 N–H and O–H groups in total. The minimum atomic E-state index is -3.76. The van der Waals surface area contributed by atoms with Crippen LogP contribution in [0, 0.1) is 5.82 Å². The van der Waals surface area contributed by atoms with E-state index in [0.29, 0.717) is 17.5 Å². The van der Waals surface area contributed by atoms with Crippen molar-refractivity contribution in [3.63, 3.8) is 0 Å². The van der Waals surface area contributed by atoms with Crippen LogP contribution in [-0.2, 0) is 20.5 Å². The maximum absolute atomic E-state index is 13.8. The van der Waals surface area contributed by atoms with Gasteiger partial charge < -0.3 is 9.50 Å². The van der Waals surface area contributed by atoms with E-state index in [1.807, 2.05) is 0 Å². The number of hydrogen-bond donors (Lipinski definition) is 1. The monoisotopic (exact) mass is 500 g/mol. The first-order valence-electron chi connectivity index (χ1n) is 8.69. The summed E-state index contributed by atoms with van der Waals surface area (Å²) in [7, 11) is -2.22. The van der Waals surface area contributed by atoms with Crippen molar-refractivity contribution in [3.8, 4) is 5.75 Å². The van der Waals surface area contributed by atoms with Crippen molar-refractivity contribution in [1.82, 2.24) is 10.2 Å². The van der Waals surface area contributed by atoms with E-state index in [1.54, 1.807) is 19.1 Å². The third kappa shape index (κ3) is 4.01. The molecule has 154 valence electrons. The summed E-state index contributed by atoms with van der Waals surface area (Å²) < 4.78 is 43.3. The molecule has 2 aromatic rings. The van der Waals surface area contributed by atoms with Crippen molar-refractivity contribution in [2.24, 2.45) is 0 Å². The minimum Gasteiger partial charge on any atom is -0.382 e. The first-order chi connectivity index (χ1) is 13.6. The number of likely N-dealkylation sites (N-methyl/N-ethyl adjacent to an activating group) is 1. The lowest BCUT2D eigenvalue weighted by molar-refractivity contribution is -0.129. The zero-order chi connectivity index (χ0) is 21.4. The molecule has 3 rings (SSSR count). The summed E-state index contributed by atoms with van der Waals surface area (Å²) in [6.45, 7) is 1.73. The Labute approximate surface area is 182 Å². The Morgan fingerprint density at radius 1 is 1.24 bits per heavy atom. The second-order valence-electron chi connectivity index (χ2n) is 6.55. The van der Waals surface area contributed by atoms with Gasteiger partial charge in [0.25, 0.3) is 5.91 Å². The van der Waals surface area contributed by atoms with E-state index in [9.17, 15) is 17.6 Å². The molecule has 1 heterocycles. The van der Waals surface area contributed by atoms with E-state index < -0.39 is 21.5 Å². The van der Waals surface area contributed by atoms with Gasteiger partial charge in [-0.3, -0.25) is 9.69 Å². The third-order valence-corrected chi connectivity index (χ3v) is 6.86. The highest BCUT2D eigenvalue weighted by Gasteiger charge is 2.51. The lowest BCUT2D eigenvalue weighted by Gasteiger charge is -2.28.